The van der Waals surface area contributed by atoms with Gasteiger partial charge in [0.25, 0.3) is 0 Å². The van der Waals surface area contributed by atoms with E-state index in [-0.39, 0.29) is 125 Å². The zero-order chi connectivity index (χ0) is 2.71. The van der Waals surface area contributed by atoms with Gasteiger partial charge in [-0.1, -0.05) is 0 Å². The Morgan fingerprint density at radius 2 is 1.00 bits per heavy atom. The molecule has 0 spiro atoms. The number of hydrogen-bond donors (Lipinski definition) is 1. The van der Waals surface area contributed by atoms with Crippen LogP contribution in [0.1, 0.15) is 6.92 Å². The molecule has 0 unspecified atom stereocenters. The van der Waals surface area contributed by atoms with Crippen LogP contribution in [-0.2, 0) is 0 Å². The number of aliphatic hydroxyl groups is 1. The van der Waals surface area contributed by atoms with Gasteiger partial charge in [0.2, 0.25) is 0 Å². The second-order valence-corrected chi connectivity index (χ2v) is 0.316. The average Bonchev–Trinajstić information content (AvgIpc) is 0.918. The van der Waals surface area contributed by atoms with Crippen LogP contribution in [0.5, 0.6) is 0 Å². The van der Waals surface area contributed by atoms with E-state index in [2.05, 4.69) is 0 Å². The van der Waals surface area contributed by atoms with Crippen molar-refractivity contribution in [3.8, 4) is 0 Å². The first-order valence-electron chi connectivity index (χ1n) is 1.02. The number of hydrogen-bond acceptors (Lipinski definition) is 1. The Bertz CT molecular complexity index is 9.65. The van der Waals surface area contributed by atoms with Crippen molar-refractivity contribution in [3.63, 3.8) is 0 Å². The first-order valence-corrected chi connectivity index (χ1v) is 1.02. The van der Waals surface area contributed by atoms with Crippen LogP contribution in [0.3, 0.4) is 0 Å². The summed E-state index contributed by atoms with van der Waals surface area (Å²) >= 11 is 0. The summed E-state index contributed by atoms with van der Waals surface area (Å²) in [6.07, 6.45) is 0. The van der Waals surface area contributed by atoms with Gasteiger partial charge in [0.15, 0.2) is 0 Å². The second kappa shape index (κ2) is 32.5. The zero-order valence-corrected chi connectivity index (χ0v) is 14.2. The summed E-state index contributed by atoms with van der Waals surface area (Å²) in [6.45, 7) is 1.93. The maximum atomic E-state index is 7.57. The minimum absolute atomic E-state index is 0. The molecule has 1 nitrogen and oxygen atoms in total. The van der Waals surface area contributed by atoms with Crippen molar-refractivity contribution in [2.45, 2.75) is 6.92 Å². The van der Waals surface area contributed by atoms with Crippen molar-refractivity contribution < 1.29 is 5.11 Å². The summed E-state index contributed by atoms with van der Waals surface area (Å²) in [6, 6.07) is 0. The molecule has 0 aliphatic heterocycles. The largest absolute Gasteiger partial charge is 0.397 e. The third-order valence-corrected chi connectivity index (χ3v) is 0. The van der Waals surface area contributed by atoms with E-state index in [1.54, 1.807) is 6.92 Å². The van der Waals surface area contributed by atoms with E-state index in [0.29, 0.717) is 0 Å². The van der Waals surface area contributed by atoms with Gasteiger partial charge in [-0.15, -0.1) is 0 Å². The summed E-state index contributed by atoms with van der Waals surface area (Å²) < 4.78 is 0. The third-order valence-electron chi connectivity index (χ3n) is 0. The van der Waals surface area contributed by atoms with Gasteiger partial charge in [-0.25, -0.2) is 0 Å². The summed E-state index contributed by atoms with van der Waals surface area (Å²) in [5.41, 5.74) is 0. The summed E-state index contributed by atoms with van der Waals surface area (Å²) in [5.74, 6) is 0. The van der Waals surface area contributed by atoms with Crippen molar-refractivity contribution in [2.75, 3.05) is 6.61 Å². The molecule has 0 aromatic rings. The van der Waals surface area contributed by atoms with Gasteiger partial charge in [0.1, 0.15) is 0 Å². The van der Waals surface area contributed by atoms with Crippen molar-refractivity contribution >= 4 is 118 Å². The molecule has 1 N–H and O–H groups in total. The van der Waals surface area contributed by atoms with Crippen LogP contribution in [0.15, 0.2) is 0 Å². The molecular weight excluding hydrogens is 132 g/mol. The molecule has 0 saturated heterocycles. The van der Waals surface area contributed by atoms with Gasteiger partial charge in [-0.2, -0.15) is 0 Å². The van der Waals surface area contributed by atoms with Crippen LogP contribution >= 0.6 is 0 Å². The molecule has 0 atom stereocenters. The summed E-state index contributed by atoms with van der Waals surface area (Å²) in [7, 11) is 0. The molecular formula is C2H6Na4O. The van der Waals surface area contributed by atoms with E-state index < -0.39 is 0 Å². The SMILES string of the molecule is CCO.[Na].[Na].[Na].[Na]. The number of aliphatic hydroxyl groups excluding tert-OH is 1. The second-order valence-electron chi connectivity index (χ2n) is 0.316. The Hall–Kier alpha value is 3.96. The van der Waals surface area contributed by atoms with Crippen LogP contribution in [0.4, 0.5) is 0 Å². The van der Waals surface area contributed by atoms with Crippen LogP contribution in [0.25, 0.3) is 0 Å². The quantitative estimate of drug-likeness (QED) is 0.403. The fourth-order valence-electron chi connectivity index (χ4n) is 0. The van der Waals surface area contributed by atoms with Gasteiger partial charge in [-0.05, 0) is 6.92 Å². The first-order chi connectivity index (χ1) is 1.41. The standard InChI is InChI=1S/C2H6O.4Na/c1-2-3;;;;/h3H,2H2,1H3;;;;. The molecule has 0 saturated carbocycles. The molecule has 0 aliphatic rings. The smallest absolute Gasteiger partial charge is 0.0402 e. The predicted molar refractivity (Wildman–Crippen MR) is 35.8 cm³/mol. The summed E-state index contributed by atoms with van der Waals surface area (Å²) in [5, 5.41) is 7.57. The average molecular weight is 138 g/mol. The molecule has 5 heteroatoms. The molecule has 0 heterocycles. The molecule has 0 fully saturated rings. The maximum absolute atomic E-state index is 7.57. The van der Waals surface area contributed by atoms with Gasteiger partial charge >= 0.3 is 0 Å². The van der Waals surface area contributed by atoms with E-state index in [1.807, 2.05) is 0 Å². The van der Waals surface area contributed by atoms with Crippen LogP contribution in [-0.4, -0.2) is 130 Å². The Kier molecular flexibility index (Phi) is 142. The van der Waals surface area contributed by atoms with Gasteiger partial charge < -0.3 is 5.11 Å². The molecule has 0 aromatic carbocycles. The van der Waals surface area contributed by atoms with E-state index in [9.17, 15) is 0 Å². The van der Waals surface area contributed by atoms with Crippen molar-refractivity contribution in [1.29, 1.82) is 0 Å². The van der Waals surface area contributed by atoms with Gasteiger partial charge in [-0.3, -0.25) is 0 Å². The Labute approximate surface area is 134 Å². The number of rotatable bonds is 0. The van der Waals surface area contributed by atoms with E-state index in [0.717, 1.165) is 0 Å². The van der Waals surface area contributed by atoms with Crippen LogP contribution in [0.2, 0.25) is 0 Å². The van der Waals surface area contributed by atoms with Crippen molar-refractivity contribution in [1.82, 2.24) is 0 Å². The molecule has 0 amide bonds. The van der Waals surface area contributed by atoms with E-state index >= 15 is 0 Å². The third kappa shape index (κ3) is 40.2. The zero-order valence-electron chi connectivity index (χ0n) is 6.15. The summed E-state index contributed by atoms with van der Waals surface area (Å²) in [4.78, 5) is 0. The molecule has 0 bridgehead atoms. The fourth-order valence-corrected chi connectivity index (χ4v) is 0. The Morgan fingerprint density at radius 3 is 1.00 bits per heavy atom. The van der Waals surface area contributed by atoms with Crippen LogP contribution < -0.4 is 0 Å². The minimum atomic E-state index is 0. The van der Waals surface area contributed by atoms with Gasteiger partial charge in [0.05, 0.1) is 0 Å². The molecule has 0 aliphatic carbocycles. The normalized spacial score (nSPS) is 2.57. The molecule has 0 aromatic heterocycles. The monoisotopic (exact) mass is 138 g/mol. The minimum Gasteiger partial charge on any atom is -0.397 e. The fraction of sp³-hybridized carbons (Fsp3) is 1.00. The van der Waals surface area contributed by atoms with Crippen LogP contribution in [0, 0.1) is 0 Å². The topological polar surface area (TPSA) is 20.2 Å². The van der Waals surface area contributed by atoms with Gasteiger partial charge in [0, 0.05) is 125 Å². The first kappa shape index (κ1) is 30.6. The maximum Gasteiger partial charge on any atom is 0.0402 e. The van der Waals surface area contributed by atoms with Crippen molar-refractivity contribution in [3.05, 3.63) is 0 Å². The van der Waals surface area contributed by atoms with Crippen molar-refractivity contribution in [2.24, 2.45) is 0 Å². The molecule has 7 heavy (non-hydrogen) atoms. The van der Waals surface area contributed by atoms with E-state index in [1.165, 1.54) is 0 Å². The molecule has 0 rings (SSSR count). The molecule has 24 valence electrons. The molecule has 4 radical (unpaired) electrons. The van der Waals surface area contributed by atoms with E-state index in [4.69, 9.17) is 5.11 Å². The predicted octanol–water partition coefficient (Wildman–Crippen LogP) is -1.52. The Balaban J connectivity index is -0.00000000333. The Morgan fingerprint density at radius 1 is 1.00 bits per heavy atom.